The number of aryl methyl sites for hydroxylation is 1. The van der Waals surface area contributed by atoms with Gasteiger partial charge in [0.05, 0.1) is 5.76 Å². The van der Waals surface area contributed by atoms with Crippen molar-refractivity contribution in [3.05, 3.63) is 52.3 Å². The Kier molecular flexibility index (Phi) is 7.44. The van der Waals surface area contributed by atoms with Gasteiger partial charge in [0.1, 0.15) is 0 Å². The normalized spacial score (nSPS) is 12.9. The number of halogens is 1. The summed E-state index contributed by atoms with van der Waals surface area (Å²) in [6.07, 6.45) is 5.25. The number of hydrogen-bond acceptors (Lipinski definition) is 1. The van der Waals surface area contributed by atoms with E-state index in [0.29, 0.717) is 5.04 Å². The quantitative estimate of drug-likeness (QED) is 0.434. The van der Waals surface area contributed by atoms with Crippen LogP contribution in [0.5, 0.6) is 0 Å². The Labute approximate surface area is 143 Å². The zero-order chi connectivity index (χ0) is 16.8. The maximum absolute atomic E-state index is 6.12. The molecular weight excluding hydrogens is 308 g/mol. The van der Waals surface area contributed by atoms with Crippen LogP contribution in [0.4, 0.5) is 0 Å². The third-order valence-corrected chi connectivity index (χ3v) is 4.96. The Balaban J connectivity index is 2.82. The minimum absolute atomic E-state index is 0.293. The van der Waals surface area contributed by atoms with Gasteiger partial charge < -0.3 is 4.43 Å². The van der Waals surface area contributed by atoms with Gasteiger partial charge in [-0.2, -0.15) is 0 Å². The van der Waals surface area contributed by atoms with E-state index in [1.165, 1.54) is 16.7 Å². The fraction of sp³-hybridized carbons (Fsp3) is 0.474. The fourth-order valence-corrected chi connectivity index (χ4v) is 3.06. The molecule has 0 fully saturated rings. The Morgan fingerprint density at radius 1 is 1.36 bits per heavy atom. The number of hydrogen-bond donors (Lipinski definition) is 0. The van der Waals surface area contributed by atoms with Crippen LogP contribution < -0.4 is 0 Å². The summed E-state index contributed by atoms with van der Waals surface area (Å²) in [5, 5.41) is 1.07. The van der Waals surface area contributed by atoms with E-state index in [1.54, 1.807) is 0 Å². The van der Waals surface area contributed by atoms with E-state index in [2.05, 4.69) is 53.3 Å². The summed E-state index contributed by atoms with van der Waals surface area (Å²) in [6.45, 7) is 15.1. The molecule has 0 radical (unpaired) electrons. The number of rotatable bonds is 7. The standard InChI is InChI=1S/C19H29ClOSi/c1-7-8-16(11-15(3)21-22-19(4,5)6)12-17-13-18(20)10-9-14(17)2/h9-10,12-13H,3,7-8,11,22H2,1-2,4-6H3. The number of benzene rings is 1. The zero-order valence-corrected chi connectivity index (χ0v) is 16.8. The van der Waals surface area contributed by atoms with Crippen molar-refractivity contribution in [1.29, 1.82) is 0 Å². The highest BCUT2D eigenvalue weighted by molar-refractivity contribution is 6.32. The lowest BCUT2D eigenvalue weighted by Gasteiger charge is -2.20. The first-order valence-electron chi connectivity index (χ1n) is 7.97. The van der Waals surface area contributed by atoms with Gasteiger partial charge in [0.25, 0.3) is 0 Å². The van der Waals surface area contributed by atoms with Crippen molar-refractivity contribution < 1.29 is 4.43 Å². The maximum atomic E-state index is 6.12. The Hall–Kier alpha value is -0.993. The third kappa shape index (κ3) is 7.32. The Bertz CT molecular complexity index is 541. The molecule has 0 saturated carbocycles. The molecule has 1 aromatic carbocycles. The van der Waals surface area contributed by atoms with Crippen molar-refractivity contribution in [2.24, 2.45) is 0 Å². The first-order chi connectivity index (χ1) is 10.2. The van der Waals surface area contributed by atoms with Crippen molar-refractivity contribution in [3.8, 4) is 0 Å². The Morgan fingerprint density at radius 3 is 2.64 bits per heavy atom. The van der Waals surface area contributed by atoms with Gasteiger partial charge in [-0.25, -0.2) is 0 Å². The van der Waals surface area contributed by atoms with Gasteiger partial charge >= 0.3 is 0 Å². The average molecular weight is 337 g/mol. The van der Waals surface area contributed by atoms with Crippen LogP contribution in [0.25, 0.3) is 6.08 Å². The van der Waals surface area contributed by atoms with Gasteiger partial charge in [-0.3, -0.25) is 0 Å². The first-order valence-corrected chi connectivity index (χ1v) is 9.63. The second-order valence-corrected chi connectivity index (χ2v) is 10.3. The van der Waals surface area contributed by atoms with E-state index in [0.717, 1.165) is 30.0 Å². The summed E-state index contributed by atoms with van der Waals surface area (Å²) < 4.78 is 5.95. The predicted molar refractivity (Wildman–Crippen MR) is 102 cm³/mol. The first kappa shape index (κ1) is 19.1. The van der Waals surface area contributed by atoms with Crippen LogP contribution in [-0.2, 0) is 4.43 Å². The predicted octanol–water partition coefficient (Wildman–Crippen LogP) is 6.05. The second kappa shape index (κ2) is 8.59. The van der Waals surface area contributed by atoms with Gasteiger partial charge in [0.2, 0.25) is 9.76 Å². The highest BCUT2D eigenvalue weighted by Gasteiger charge is 2.13. The largest absolute Gasteiger partial charge is 0.552 e. The van der Waals surface area contributed by atoms with Crippen LogP contribution >= 0.6 is 11.6 Å². The van der Waals surface area contributed by atoms with Crippen LogP contribution in [0.15, 0.2) is 36.1 Å². The van der Waals surface area contributed by atoms with E-state index >= 15 is 0 Å². The molecule has 0 bridgehead atoms. The van der Waals surface area contributed by atoms with Crippen LogP contribution in [0, 0.1) is 6.92 Å². The van der Waals surface area contributed by atoms with E-state index in [9.17, 15) is 0 Å². The van der Waals surface area contributed by atoms with Gasteiger partial charge in [-0.05, 0) is 41.6 Å². The molecule has 0 aliphatic carbocycles. The fourth-order valence-electron chi connectivity index (χ4n) is 2.14. The molecule has 0 amide bonds. The molecule has 0 N–H and O–H groups in total. The molecule has 0 aliphatic heterocycles. The summed E-state index contributed by atoms with van der Waals surface area (Å²) in [6, 6.07) is 6.03. The van der Waals surface area contributed by atoms with Crippen LogP contribution in [0.2, 0.25) is 10.1 Å². The molecule has 122 valence electrons. The molecule has 0 aromatic heterocycles. The summed E-state index contributed by atoms with van der Waals surface area (Å²) in [5.41, 5.74) is 3.80. The molecule has 0 spiro atoms. The molecule has 0 saturated heterocycles. The lowest BCUT2D eigenvalue weighted by Crippen LogP contribution is -2.12. The van der Waals surface area contributed by atoms with Crippen LogP contribution in [-0.4, -0.2) is 9.76 Å². The van der Waals surface area contributed by atoms with Crippen molar-refractivity contribution in [1.82, 2.24) is 0 Å². The molecule has 0 aliphatic rings. The third-order valence-electron chi connectivity index (χ3n) is 3.31. The highest BCUT2D eigenvalue weighted by atomic mass is 35.5. The Morgan fingerprint density at radius 2 is 2.05 bits per heavy atom. The topological polar surface area (TPSA) is 9.23 Å². The van der Waals surface area contributed by atoms with Gasteiger partial charge in [0.15, 0.2) is 0 Å². The summed E-state index contributed by atoms with van der Waals surface area (Å²) >= 11 is 6.12. The second-order valence-electron chi connectivity index (χ2n) is 7.12. The number of allylic oxidation sites excluding steroid dienone is 1. The zero-order valence-electron chi connectivity index (χ0n) is 14.6. The molecule has 3 heteroatoms. The van der Waals surface area contributed by atoms with Crippen molar-refractivity contribution in [2.75, 3.05) is 0 Å². The lowest BCUT2D eigenvalue weighted by atomic mass is 10.0. The molecule has 1 aromatic rings. The van der Waals surface area contributed by atoms with E-state index in [1.807, 2.05) is 12.1 Å². The SMILES string of the molecule is C=C(CC(=Cc1cc(Cl)ccc1C)CCC)O[SiH2]C(C)(C)C. The average Bonchev–Trinajstić information content (AvgIpc) is 2.40. The van der Waals surface area contributed by atoms with Gasteiger partial charge in [-0.15, -0.1) is 0 Å². The lowest BCUT2D eigenvalue weighted by molar-refractivity contribution is 0.415. The smallest absolute Gasteiger partial charge is 0.224 e. The van der Waals surface area contributed by atoms with Crippen molar-refractivity contribution in [3.63, 3.8) is 0 Å². The van der Waals surface area contributed by atoms with Gasteiger partial charge in [-0.1, -0.05) is 70.0 Å². The van der Waals surface area contributed by atoms with E-state index in [4.69, 9.17) is 16.0 Å². The van der Waals surface area contributed by atoms with Gasteiger partial charge in [0, 0.05) is 11.4 Å². The summed E-state index contributed by atoms with van der Waals surface area (Å²) in [4.78, 5) is 0. The summed E-state index contributed by atoms with van der Waals surface area (Å²) in [5.74, 6) is 0.904. The van der Waals surface area contributed by atoms with Crippen molar-refractivity contribution in [2.45, 2.75) is 58.9 Å². The van der Waals surface area contributed by atoms with E-state index < -0.39 is 9.76 Å². The van der Waals surface area contributed by atoms with E-state index in [-0.39, 0.29) is 0 Å². The monoisotopic (exact) mass is 336 g/mol. The molecule has 22 heavy (non-hydrogen) atoms. The maximum Gasteiger partial charge on any atom is 0.224 e. The van der Waals surface area contributed by atoms with Crippen LogP contribution in [0.3, 0.4) is 0 Å². The molecule has 0 unspecified atom stereocenters. The van der Waals surface area contributed by atoms with Crippen molar-refractivity contribution >= 4 is 27.4 Å². The summed E-state index contributed by atoms with van der Waals surface area (Å²) in [7, 11) is -0.587. The molecular formula is C19H29ClOSi. The molecule has 0 heterocycles. The molecule has 0 atom stereocenters. The highest BCUT2D eigenvalue weighted by Crippen LogP contribution is 2.26. The van der Waals surface area contributed by atoms with Crippen LogP contribution in [0.1, 0.15) is 58.1 Å². The molecule has 1 nitrogen and oxygen atoms in total. The minimum Gasteiger partial charge on any atom is -0.552 e. The molecule has 1 rings (SSSR count). The minimum atomic E-state index is -0.587.